The van der Waals surface area contributed by atoms with Crippen LogP contribution in [0.5, 0.6) is 0 Å². The van der Waals surface area contributed by atoms with Crippen LogP contribution < -0.4 is 0 Å². The third-order valence-corrected chi connectivity index (χ3v) is 4.67. The number of amides is 1. The molecule has 0 aromatic carbocycles. The maximum atomic E-state index is 12.5. The van der Waals surface area contributed by atoms with Crippen LogP contribution in [-0.4, -0.2) is 27.3 Å². The number of aromatic nitrogens is 2. The molecule has 0 N–H and O–H groups in total. The van der Waals surface area contributed by atoms with Crippen molar-refractivity contribution in [2.75, 3.05) is 6.54 Å². The Morgan fingerprint density at radius 3 is 3.00 bits per heavy atom. The van der Waals surface area contributed by atoms with E-state index in [2.05, 4.69) is 9.97 Å². The Bertz CT molecular complexity index is 626. The Hall–Kier alpha value is -1.46. The predicted octanol–water partition coefficient (Wildman–Crippen LogP) is 3.48. The molecule has 3 heterocycles. The van der Waals surface area contributed by atoms with E-state index in [1.54, 1.807) is 23.5 Å². The smallest absolute Gasteiger partial charge is 0.273 e. The van der Waals surface area contributed by atoms with Gasteiger partial charge in [-0.25, -0.2) is 9.97 Å². The van der Waals surface area contributed by atoms with Crippen LogP contribution in [-0.2, 0) is 0 Å². The average molecular weight is 308 g/mol. The maximum absolute atomic E-state index is 12.5. The van der Waals surface area contributed by atoms with Crippen molar-refractivity contribution in [2.24, 2.45) is 0 Å². The summed E-state index contributed by atoms with van der Waals surface area (Å²) < 4.78 is 0. The number of thiazole rings is 1. The highest BCUT2D eigenvalue weighted by Gasteiger charge is 2.32. The molecular formula is C14H14ClN3OS. The number of pyridine rings is 1. The summed E-state index contributed by atoms with van der Waals surface area (Å²) in [4.78, 5) is 23.0. The van der Waals surface area contributed by atoms with Crippen molar-refractivity contribution in [3.05, 3.63) is 45.1 Å². The fraction of sp³-hybridized carbons (Fsp3) is 0.357. The third-order valence-electron chi connectivity index (χ3n) is 3.38. The second-order valence-corrected chi connectivity index (χ2v) is 6.17. The van der Waals surface area contributed by atoms with Crippen molar-refractivity contribution in [3.63, 3.8) is 0 Å². The number of carbonyl (C=O) groups is 1. The normalized spacial score (nSPS) is 18.5. The summed E-state index contributed by atoms with van der Waals surface area (Å²) in [6, 6.07) is 3.45. The lowest BCUT2D eigenvalue weighted by atomic mass is 10.2. The first kappa shape index (κ1) is 13.5. The zero-order valence-electron chi connectivity index (χ0n) is 11.0. The molecule has 1 atom stereocenters. The lowest BCUT2D eigenvalue weighted by Crippen LogP contribution is -2.31. The molecule has 6 heteroatoms. The molecule has 2 aromatic heterocycles. The van der Waals surface area contributed by atoms with E-state index >= 15 is 0 Å². The van der Waals surface area contributed by atoms with E-state index in [0.29, 0.717) is 10.7 Å². The number of rotatable bonds is 2. The minimum absolute atomic E-state index is 0.0444. The molecule has 20 heavy (non-hydrogen) atoms. The van der Waals surface area contributed by atoms with Crippen LogP contribution in [0.25, 0.3) is 0 Å². The van der Waals surface area contributed by atoms with E-state index < -0.39 is 0 Å². The zero-order valence-corrected chi connectivity index (χ0v) is 12.6. The highest BCUT2D eigenvalue weighted by Crippen LogP contribution is 2.34. The molecule has 1 saturated heterocycles. The lowest BCUT2D eigenvalue weighted by Gasteiger charge is -2.22. The minimum atomic E-state index is -0.0444. The molecule has 1 aliphatic heterocycles. The molecule has 0 saturated carbocycles. The van der Waals surface area contributed by atoms with Gasteiger partial charge in [-0.3, -0.25) is 4.79 Å². The summed E-state index contributed by atoms with van der Waals surface area (Å²) in [5, 5.41) is 3.58. The molecule has 0 radical (unpaired) electrons. The van der Waals surface area contributed by atoms with Gasteiger partial charge in [0, 0.05) is 23.8 Å². The molecule has 1 fully saturated rings. The first-order valence-electron chi connectivity index (χ1n) is 6.49. The standard InChI is InChI=1S/C14H14ClN3OS/c1-9-8-20-13(17-9)12-3-2-6-18(12)14(19)11-5-4-10(15)7-16-11/h4-5,7-8,12H,2-3,6H2,1H3. The molecule has 1 aliphatic rings. The number of carbonyl (C=O) groups excluding carboxylic acids is 1. The largest absolute Gasteiger partial charge is 0.328 e. The van der Waals surface area contributed by atoms with Crippen LogP contribution in [0.3, 0.4) is 0 Å². The molecule has 3 rings (SSSR count). The monoisotopic (exact) mass is 307 g/mol. The molecule has 104 valence electrons. The number of likely N-dealkylation sites (tertiary alicyclic amines) is 1. The summed E-state index contributed by atoms with van der Waals surface area (Å²) >= 11 is 7.43. The van der Waals surface area contributed by atoms with Crippen LogP contribution >= 0.6 is 22.9 Å². The number of aryl methyl sites for hydroxylation is 1. The first-order valence-corrected chi connectivity index (χ1v) is 7.75. The third kappa shape index (κ3) is 2.55. The van der Waals surface area contributed by atoms with Gasteiger partial charge in [0.25, 0.3) is 5.91 Å². The first-order chi connectivity index (χ1) is 9.65. The summed E-state index contributed by atoms with van der Waals surface area (Å²) in [6.07, 6.45) is 3.47. The van der Waals surface area contributed by atoms with Crippen molar-refractivity contribution in [1.82, 2.24) is 14.9 Å². The molecule has 0 bridgehead atoms. The fourth-order valence-electron chi connectivity index (χ4n) is 2.44. The van der Waals surface area contributed by atoms with E-state index in [4.69, 9.17) is 11.6 Å². The van der Waals surface area contributed by atoms with Crippen molar-refractivity contribution < 1.29 is 4.79 Å². The zero-order chi connectivity index (χ0) is 14.1. The van der Waals surface area contributed by atoms with Gasteiger partial charge in [0.1, 0.15) is 10.7 Å². The maximum Gasteiger partial charge on any atom is 0.273 e. The predicted molar refractivity (Wildman–Crippen MR) is 79.1 cm³/mol. The average Bonchev–Trinajstić information content (AvgIpc) is 3.07. The number of halogens is 1. The van der Waals surface area contributed by atoms with Gasteiger partial charge in [-0.05, 0) is 31.9 Å². The van der Waals surface area contributed by atoms with Gasteiger partial charge in [-0.1, -0.05) is 11.6 Å². The second-order valence-electron chi connectivity index (χ2n) is 4.85. The molecular weight excluding hydrogens is 294 g/mol. The van der Waals surface area contributed by atoms with Crippen LogP contribution in [0.2, 0.25) is 5.02 Å². The van der Waals surface area contributed by atoms with Crippen molar-refractivity contribution >= 4 is 28.8 Å². The van der Waals surface area contributed by atoms with Crippen molar-refractivity contribution in [2.45, 2.75) is 25.8 Å². The molecule has 2 aromatic rings. The molecule has 1 unspecified atom stereocenters. The highest BCUT2D eigenvalue weighted by atomic mass is 35.5. The van der Waals surface area contributed by atoms with Gasteiger partial charge in [0.15, 0.2) is 0 Å². The number of hydrogen-bond donors (Lipinski definition) is 0. The molecule has 4 nitrogen and oxygen atoms in total. The lowest BCUT2D eigenvalue weighted by molar-refractivity contribution is 0.0729. The number of nitrogens with zero attached hydrogens (tertiary/aromatic N) is 3. The topological polar surface area (TPSA) is 46.1 Å². The Kier molecular flexibility index (Phi) is 3.72. The SMILES string of the molecule is Cc1csc(C2CCCN2C(=O)c2ccc(Cl)cn2)n1. The summed E-state index contributed by atoms with van der Waals surface area (Å²) in [6.45, 7) is 2.73. The summed E-state index contributed by atoms with van der Waals surface area (Å²) in [7, 11) is 0. The molecule has 0 spiro atoms. The Morgan fingerprint density at radius 2 is 2.35 bits per heavy atom. The van der Waals surface area contributed by atoms with Gasteiger partial charge >= 0.3 is 0 Å². The van der Waals surface area contributed by atoms with Crippen LogP contribution in [0.15, 0.2) is 23.7 Å². The van der Waals surface area contributed by atoms with Crippen molar-refractivity contribution in [3.8, 4) is 0 Å². The van der Waals surface area contributed by atoms with E-state index in [0.717, 1.165) is 30.1 Å². The van der Waals surface area contributed by atoms with E-state index in [1.807, 2.05) is 17.2 Å². The molecule has 1 amide bonds. The second kappa shape index (κ2) is 5.50. The Morgan fingerprint density at radius 1 is 1.50 bits per heavy atom. The summed E-state index contributed by atoms with van der Waals surface area (Å²) in [5.74, 6) is -0.0444. The fourth-order valence-corrected chi connectivity index (χ4v) is 3.50. The van der Waals surface area contributed by atoms with E-state index in [1.165, 1.54) is 6.20 Å². The van der Waals surface area contributed by atoms with Gasteiger partial charge < -0.3 is 4.90 Å². The van der Waals surface area contributed by atoms with E-state index in [-0.39, 0.29) is 11.9 Å². The van der Waals surface area contributed by atoms with Gasteiger partial charge in [0.05, 0.1) is 11.1 Å². The van der Waals surface area contributed by atoms with Gasteiger partial charge in [-0.2, -0.15) is 0 Å². The Labute approximate surface area is 126 Å². The van der Waals surface area contributed by atoms with E-state index in [9.17, 15) is 4.79 Å². The van der Waals surface area contributed by atoms with Gasteiger partial charge in [0.2, 0.25) is 0 Å². The van der Waals surface area contributed by atoms with Crippen LogP contribution in [0.1, 0.15) is 40.1 Å². The van der Waals surface area contributed by atoms with Crippen LogP contribution in [0.4, 0.5) is 0 Å². The number of hydrogen-bond acceptors (Lipinski definition) is 4. The molecule has 0 aliphatic carbocycles. The summed E-state index contributed by atoms with van der Waals surface area (Å²) in [5.41, 5.74) is 1.45. The van der Waals surface area contributed by atoms with Gasteiger partial charge in [-0.15, -0.1) is 11.3 Å². The minimum Gasteiger partial charge on any atom is -0.328 e. The highest BCUT2D eigenvalue weighted by molar-refractivity contribution is 7.09. The van der Waals surface area contributed by atoms with Crippen LogP contribution in [0, 0.1) is 6.92 Å². The quantitative estimate of drug-likeness (QED) is 0.853. The Balaban J connectivity index is 1.85. The van der Waals surface area contributed by atoms with Crippen molar-refractivity contribution in [1.29, 1.82) is 0 Å².